The van der Waals surface area contributed by atoms with E-state index in [2.05, 4.69) is 15.7 Å². The molecule has 2 heterocycles. The Kier molecular flexibility index (Phi) is 7.00. The molecule has 0 unspecified atom stereocenters. The van der Waals surface area contributed by atoms with Crippen molar-refractivity contribution in [1.82, 2.24) is 20.4 Å². The maximum absolute atomic E-state index is 13.2. The molecular formula is C26H26N4O2S. The largest absolute Gasteiger partial charge is 0.350 e. The Balaban J connectivity index is 1.50. The second-order valence-electron chi connectivity index (χ2n) is 7.81. The molecule has 6 nitrogen and oxygen atoms in total. The number of aryl methyl sites for hydroxylation is 1. The molecule has 33 heavy (non-hydrogen) atoms. The van der Waals surface area contributed by atoms with Crippen molar-refractivity contribution in [3.8, 4) is 5.69 Å². The van der Waals surface area contributed by atoms with Gasteiger partial charge in [-0.05, 0) is 43.0 Å². The standard InChI is InChI=1S/C26H26N4O2S/c1-18-22(19(2)30(29-18)21-12-7-4-8-13-21)17-27-25(31)23(16-20-10-5-3-6-11-20)28-26(32)24-14-9-15-33-24/h3-15,23H,16-17H2,1-2H3,(H,27,31)(H,28,32)/t23-/m1/s1. The van der Waals surface area contributed by atoms with Gasteiger partial charge < -0.3 is 10.6 Å². The zero-order valence-electron chi connectivity index (χ0n) is 18.6. The summed E-state index contributed by atoms with van der Waals surface area (Å²) in [4.78, 5) is 26.4. The molecule has 1 atom stereocenters. The Labute approximate surface area is 197 Å². The minimum absolute atomic E-state index is 0.227. The van der Waals surface area contributed by atoms with Crippen molar-refractivity contribution >= 4 is 23.2 Å². The first kappa shape index (κ1) is 22.5. The van der Waals surface area contributed by atoms with Crippen LogP contribution in [0.3, 0.4) is 0 Å². The second kappa shape index (κ2) is 10.3. The first-order valence-electron chi connectivity index (χ1n) is 10.8. The van der Waals surface area contributed by atoms with Crippen LogP contribution in [0.5, 0.6) is 0 Å². The molecule has 0 spiro atoms. The van der Waals surface area contributed by atoms with Crippen LogP contribution in [0.1, 0.15) is 32.2 Å². The number of carbonyl (C=O) groups is 2. The molecule has 2 aromatic carbocycles. The van der Waals surface area contributed by atoms with Gasteiger partial charge in [-0.3, -0.25) is 9.59 Å². The monoisotopic (exact) mass is 458 g/mol. The summed E-state index contributed by atoms with van der Waals surface area (Å²) in [6.45, 7) is 4.27. The van der Waals surface area contributed by atoms with E-state index in [1.807, 2.05) is 90.6 Å². The third-order valence-electron chi connectivity index (χ3n) is 5.53. The fourth-order valence-corrected chi connectivity index (χ4v) is 4.37. The van der Waals surface area contributed by atoms with Crippen LogP contribution >= 0.6 is 11.3 Å². The van der Waals surface area contributed by atoms with Gasteiger partial charge >= 0.3 is 0 Å². The fraction of sp³-hybridized carbons (Fsp3) is 0.192. The van der Waals surface area contributed by atoms with Gasteiger partial charge in [0.1, 0.15) is 6.04 Å². The highest BCUT2D eigenvalue weighted by Gasteiger charge is 2.23. The lowest BCUT2D eigenvalue weighted by atomic mass is 10.0. The molecule has 168 valence electrons. The van der Waals surface area contributed by atoms with Crippen molar-refractivity contribution in [2.75, 3.05) is 0 Å². The van der Waals surface area contributed by atoms with E-state index in [0.29, 0.717) is 17.8 Å². The first-order valence-corrected chi connectivity index (χ1v) is 11.7. The third kappa shape index (κ3) is 5.38. The number of nitrogens with one attached hydrogen (secondary N) is 2. The number of hydrogen-bond donors (Lipinski definition) is 2. The van der Waals surface area contributed by atoms with Crippen LogP contribution in [-0.2, 0) is 17.8 Å². The quantitative estimate of drug-likeness (QED) is 0.415. The molecule has 0 radical (unpaired) electrons. The SMILES string of the molecule is Cc1nn(-c2ccccc2)c(C)c1CNC(=O)[C@@H](Cc1ccccc1)NC(=O)c1cccs1. The van der Waals surface area contributed by atoms with Crippen molar-refractivity contribution in [2.24, 2.45) is 0 Å². The zero-order chi connectivity index (χ0) is 23.2. The van der Waals surface area contributed by atoms with Gasteiger partial charge in [-0.1, -0.05) is 54.6 Å². The molecule has 0 aliphatic heterocycles. The molecule has 0 aliphatic rings. The fourth-order valence-electron chi connectivity index (χ4n) is 3.75. The van der Waals surface area contributed by atoms with Crippen molar-refractivity contribution in [3.63, 3.8) is 0 Å². The van der Waals surface area contributed by atoms with Crippen LogP contribution in [0.2, 0.25) is 0 Å². The van der Waals surface area contributed by atoms with Crippen LogP contribution < -0.4 is 10.6 Å². The molecule has 4 aromatic rings. The van der Waals surface area contributed by atoms with Gasteiger partial charge in [0, 0.05) is 24.2 Å². The maximum atomic E-state index is 13.2. The van der Waals surface area contributed by atoms with Gasteiger partial charge in [0.05, 0.1) is 16.3 Å². The van der Waals surface area contributed by atoms with E-state index in [1.165, 1.54) is 11.3 Å². The van der Waals surface area contributed by atoms with Gasteiger partial charge in [-0.25, -0.2) is 4.68 Å². The summed E-state index contributed by atoms with van der Waals surface area (Å²) >= 11 is 1.35. The van der Waals surface area contributed by atoms with Crippen LogP contribution in [0, 0.1) is 13.8 Å². The first-order chi connectivity index (χ1) is 16.0. The van der Waals surface area contributed by atoms with Gasteiger partial charge in [0.25, 0.3) is 5.91 Å². The number of thiophene rings is 1. The summed E-state index contributed by atoms with van der Waals surface area (Å²) in [7, 11) is 0. The lowest BCUT2D eigenvalue weighted by molar-refractivity contribution is -0.123. The number of nitrogens with zero attached hydrogens (tertiary/aromatic N) is 2. The Hall–Kier alpha value is -3.71. The van der Waals surface area contributed by atoms with Crippen molar-refractivity contribution in [3.05, 3.63) is 106 Å². The molecule has 0 aliphatic carbocycles. The summed E-state index contributed by atoms with van der Waals surface area (Å²) in [6, 6.07) is 22.5. The highest BCUT2D eigenvalue weighted by Crippen LogP contribution is 2.18. The highest BCUT2D eigenvalue weighted by atomic mass is 32.1. The Morgan fingerprint density at radius 2 is 1.67 bits per heavy atom. The number of carbonyl (C=O) groups excluding carboxylic acids is 2. The number of hydrogen-bond acceptors (Lipinski definition) is 4. The molecule has 0 bridgehead atoms. The smallest absolute Gasteiger partial charge is 0.262 e. The normalized spacial score (nSPS) is 11.7. The van der Waals surface area contributed by atoms with E-state index in [4.69, 9.17) is 0 Å². The molecule has 4 rings (SSSR count). The Morgan fingerprint density at radius 3 is 2.33 bits per heavy atom. The number of rotatable bonds is 8. The molecule has 2 amide bonds. The van der Waals surface area contributed by atoms with E-state index in [-0.39, 0.29) is 11.8 Å². The summed E-state index contributed by atoms with van der Waals surface area (Å²) in [5, 5.41) is 12.4. The molecule has 7 heteroatoms. The summed E-state index contributed by atoms with van der Waals surface area (Å²) in [5.74, 6) is -0.472. The maximum Gasteiger partial charge on any atom is 0.262 e. The van der Waals surface area contributed by atoms with Crippen LogP contribution in [0.25, 0.3) is 5.69 Å². The third-order valence-corrected chi connectivity index (χ3v) is 6.40. The van der Waals surface area contributed by atoms with Crippen molar-refractivity contribution in [2.45, 2.75) is 32.9 Å². The van der Waals surface area contributed by atoms with E-state index in [1.54, 1.807) is 6.07 Å². The van der Waals surface area contributed by atoms with E-state index in [0.717, 1.165) is 28.2 Å². The van der Waals surface area contributed by atoms with Crippen molar-refractivity contribution < 1.29 is 9.59 Å². The molecule has 2 aromatic heterocycles. The zero-order valence-corrected chi connectivity index (χ0v) is 19.4. The highest BCUT2D eigenvalue weighted by molar-refractivity contribution is 7.12. The molecule has 2 N–H and O–H groups in total. The molecule has 0 saturated carbocycles. The predicted octanol–water partition coefficient (Wildman–Crippen LogP) is 4.21. The Morgan fingerprint density at radius 1 is 0.970 bits per heavy atom. The molecule has 0 fully saturated rings. The van der Waals surface area contributed by atoms with Gasteiger partial charge in [0.2, 0.25) is 5.91 Å². The van der Waals surface area contributed by atoms with E-state index < -0.39 is 6.04 Å². The topological polar surface area (TPSA) is 76.0 Å². The minimum atomic E-state index is -0.688. The summed E-state index contributed by atoms with van der Waals surface area (Å²) < 4.78 is 1.89. The van der Waals surface area contributed by atoms with Crippen LogP contribution in [0.15, 0.2) is 78.2 Å². The minimum Gasteiger partial charge on any atom is -0.350 e. The average molecular weight is 459 g/mol. The average Bonchev–Trinajstić information content (AvgIpc) is 3.47. The molecular weight excluding hydrogens is 432 g/mol. The van der Waals surface area contributed by atoms with Crippen LogP contribution in [0.4, 0.5) is 0 Å². The summed E-state index contributed by atoms with van der Waals surface area (Å²) in [6.07, 6.45) is 0.408. The van der Waals surface area contributed by atoms with Gasteiger partial charge in [-0.2, -0.15) is 5.10 Å². The van der Waals surface area contributed by atoms with Crippen LogP contribution in [-0.4, -0.2) is 27.6 Å². The number of aromatic nitrogens is 2. The van der Waals surface area contributed by atoms with Gasteiger partial charge in [-0.15, -0.1) is 11.3 Å². The number of benzene rings is 2. The lowest BCUT2D eigenvalue weighted by Crippen LogP contribution is -2.47. The second-order valence-corrected chi connectivity index (χ2v) is 8.76. The van der Waals surface area contributed by atoms with Gasteiger partial charge in [0.15, 0.2) is 0 Å². The van der Waals surface area contributed by atoms with E-state index >= 15 is 0 Å². The van der Waals surface area contributed by atoms with Crippen molar-refractivity contribution in [1.29, 1.82) is 0 Å². The predicted molar refractivity (Wildman–Crippen MR) is 131 cm³/mol. The summed E-state index contributed by atoms with van der Waals surface area (Å²) in [5.41, 5.74) is 4.75. The number of para-hydroxylation sites is 1. The van der Waals surface area contributed by atoms with E-state index in [9.17, 15) is 9.59 Å². The molecule has 0 saturated heterocycles. The lowest BCUT2D eigenvalue weighted by Gasteiger charge is -2.18. The Bertz CT molecular complexity index is 1220. The number of amides is 2.